The lowest BCUT2D eigenvalue weighted by Gasteiger charge is -2.10. The molecule has 0 aliphatic carbocycles. The Kier molecular flexibility index (Phi) is 2.88. The zero-order chi connectivity index (χ0) is 12.5. The van der Waals surface area contributed by atoms with Crippen LogP contribution in [0.5, 0.6) is 0 Å². The van der Waals surface area contributed by atoms with Crippen molar-refractivity contribution in [1.82, 2.24) is 0 Å². The maximum atomic E-state index is 12.4. The molecule has 0 radical (unpaired) electrons. The van der Waals surface area contributed by atoms with Crippen molar-refractivity contribution >= 4 is 11.9 Å². The second-order valence-electron chi connectivity index (χ2n) is 2.93. The highest BCUT2D eigenvalue weighted by atomic mass is 19.4. The quantitative estimate of drug-likeness (QED) is 0.812. The molecule has 1 rings (SSSR count). The van der Waals surface area contributed by atoms with Crippen LogP contribution in [0.15, 0.2) is 18.2 Å². The van der Waals surface area contributed by atoms with Crippen molar-refractivity contribution in [2.75, 3.05) is 0 Å². The van der Waals surface area contributed by atoms with Gasteiger partial charge in [-0.1, -0.05) is 0 Å². The van der Waals surface area contributed by atoms with E-state index in [-0.39, 0.29) is 0 Å². The van der Waals surface area contributed by atoms with Gasteiger partial charge in [0, 0.05) is 5.56 Å². The van der Waals surface area contributed by atoms with Crippen LogP contribution in [0.25, 0.3) is 0 Å². The van der Waals surface area contributed by atoms with E-state index < -0.39 is 34.7 Å². The molecule has 0 aliphatic rings. The lowest BCUT2D eigenvalue weighted by Crippen LogP contribution is -2.17. The summed E-state index contributed by atoms with van der Waals surface area (Å²) in [5.74, 6) is -2.77. The number of hydrogen-bond donors (Lipinski definition) is 2. The van der Waals surface area contributed by atoms with Gasteiger partial charge in [-0.2, -0.15) is 13.2 Å². The molecule has 1 aromatic carbocycles. The molecule has 86 valence electrons. The van der Waals surface area contributed by atoms with Gasteiger partial charge in [-0.05, 0) is 18.2 Å². The van der Waals surface area contributed by atoms with Gasteiger partial charge in [0.15, 0.2) is 0 Å². The fourth-order valence-corrected chi connectivity index (χ4v) is 1.12. The van der Waals surface area contributed by atoms with Gasteiger partial charge >= 0.3 is 12.1 Å². The molecule has 0 aliphatic heterocycles. The third kappa shape index (κ3) is 2.30. The van der Waals surface area contributed by atoms with Crippen LogP contribution in [-0.4, -0.2) is 17.0 Å². The standard InChI is InChI=1S/C9H6F3NO3/c10-9(11,12)6-3-4(7(13)14)1-2-5(6)8(15)16/h1-3H,(H2,13,14)(H,15,16). The van der Waals surface area contributed by atoms with Gasteiger partial charge < -0.3 is 10.8 Å². The summed E-state index contributed by atoms with van der Waals surface area (Å²) in [6.45, 7) is 0. The number of primary amides is 1. The average molecular weight is 233 g/mol. The molecule has 0 saturated heterocycles. The predicted molar refractivity (Wildman–Crippen MR) is 46.9 cm³/mol. The van der Waals surface area contributed by atoms with Crippen molar-refractivity contribution in [3.8, 4) is 0 Å². The molecule has 4 nitrogen and oxygen atoms in total. The van der Waals surface area contributed by atoms with Gasteiger partial charge in [-0.3, -0.25) is 4.79 Å². The number of amides is 1. The minimum atomic E-state index is -4.85. The number of carbonyl (C=O) groups excluding carboxylic acids is 1. The number of carbonyl (C=O) groups is 2. The second-order valence-corrected chi connectivity index (χ2v) is 2.93. The van der Waals surface area contributed by atoms with E-state index in [4.69, 9.17) is 10.8 Å². The predicted octanol–water partition coefficient (Wildman–Crippen LogP) is 1.50. The summed E-state index contributed by atoms with van der Waals surface area (Å²) in [7, 11) is 0. The maximum absolute atomic E-state index is 12.4. The summed E-state index contributed by atoms with van der Waals surface area (Å²) in [6, 6.07) is 2.05. The van der Waals surface area contributed by atoms with Crippen LogP contribution in [0.2, 0.25) is 0 Å². The number of rotatable bonds is 2. The first-order chi connectivity index (χ1) is 7.23. The number of benzene rings is 1. The van der Waals surface area contributed by atoms with Crippen molar-refractivity contribution in [3.05, 3.63) is 34.9 Å². The lowest BCUT2D eigenvalue weighted by molar-refractivity contribution is -0.138. The van der Waals surface area contributed by atoms with Gasteiger partial charge in [-0.25, -0.2) is 4.79 Å². The fourth-order valence-electron chi connectivity index (χ4n) is 1.12. The van der Waals surface area contributed by atoms with E-state index in [9.17, 15) is 22.8 Å². The first-order valence-electron chi connectivity index (χ1n) is 3.98. The zero-order valence-corrected chi connectivity index (χ0v) is 7.71. The molecule has 0 bridgehead atoms. The molecule has 0 saturated carbocycles. The Morgan fingerprint density at radius 3 is 2.19 bits per heavy atom. The van der Waals surface area contributed by atoms with E-state index in [1.807, 2.05) is 0 Å². The smallest absolute Gasteiger partial charge is 0.417 e. The van der Waals surface area contributed by atoms with Crippen LogP contribution in [-0.2, 0) is 6.18 Å². The highest BCUT2D eigenvalue weighted by Crippen LogP contribution is 2.32. The molecule has 0 atom stereocenters. The van der Waals surface area contributed by atoms with Gasteiger partial charge in [0.25, 0.3) is 0 Å². The highest BCUT2D eigenvalue weighted by molar-refractivity contribution is 5.96. The molecular weight excluding hydrogens is 227 g/mol. The Bertz CT molecular complexity index is 454. The molecule has 0 spiro atoms. The summed E-state index contributed by atoms with van der Waals surface area (Å²) in [4.78, 5) is 21.2. The van der Waals surface area contributed by atoms with Crippen molar-refractivity contribution in [1.29, 1.82) is 0 Å². The number of carboxylic acids is 1. The fraction of sp³-hybridized carbons (Fsp3) is 0.111. The Morgan fingerprint density at radius 2 is 1.81 bits per heavy atom. The Hall–Kier alpha value is -2.05. The van der Waals surface area contributed by atoms with Crippen molar-refractivity contribution in [2.24, 2.45) is 5.73 Å². The average Bonchev–Trinajstić information content (AvgIpc) is 2.15. The minimum absolute atomic E-state index is 0.391. The molecule has 16 heavy (non-hydrogen) atoms. The number of carboxylic acid groups (broad SMARTS) is 1. The molecule has 7 heteroatoms. The van der Waals surface area contributed by atoms with Crippen LogP contribution in [0.3, 0.4) is 0 Å². The van der Waals surface area contributed by atoms with Crippen LogP contribution in [0, 0.1) is 0 Å². The van der Waals surface area contributed by atoms with E-state index in [2.05, 4.69) is 0 Å². The Morgan fingerprint density at radius 1 is 1.25 bits per heavy atom. The van der Waals surface area contributed by atoms with Crippen LogP contribution in [0.4, 0.5) is 13.2 Å². The van der Waals surface area contributed by atoms with E-state index in [0.717, 1.165) is 6.07 Å². The Labute approximate surface area is 87.5 Å². The first kappa shape index (κ1) is 12.0. The maximum Gasteiger partial charge on any atom is 0.417 e. The minimum Gasteiger partial charge on any atom is -0.478 e. The number of nitrogens with two attached hydrogens (primary N) is 1. The highest BCUT2D eigenvalue weighted by Gasteiger charge is 2.35. The molecule has 0 heterocycles. The summed E-state index contributed by atoms with van der Waals surface area (Å²) in [5, 5.41) is 8.54. The van der Waals surface area contributed by atoms with E-state index in [1.54, 1.807) is 0 Å². The molecule has 3 N–H and O–H groups in total. The Balaban J connectivity index is 3.45. The first-order valence-corrected chi connectivity index (χ1v) is 3.98. The van der Waals surface area contributed by atoms with Gasteiger partial charge in [0.1, 0.15) is 0 Å². The number of hydrogen-bond acceptors (Lipinski definition) is 2. The summed E-state index contributed by atoms with van der Waals surface area (Å²) in [6.07, 6.45) is -4.85. The second kappa shape index (κ2) is 3.84. The molecule has 1 amide bonds. The van der Waals surface area contributed by atoms with Crippen molar-refractivity contribution in [2.45, 2.75) is 6.18 Å². The normalized spacial score (nSPS) is 11.2. The summed E-state index contributed by atoms with van der Waals surface area (Å²) < 4.78 is 37.3. The monoisotopic (exact) mass is 233 g/mol. The number of alkyl halides is 3. The van der Waals surface area contributed by atoms with E-state index in [0.29, 0.717) is 12.1 Å². The largest absolute Gasteiger partial charge is 0.478 e. The van der Waals surface area contributed by atoms with Gasteiger partial charge in [0.2, 0.25) is 5.91 Å². The third-order valence-corrected chi connectivity index (χ3v) is 1.84. The zero-order valence-electron chi connectivity index (χ0n) is 7.71. The third-order valence-electron chi connectivity index (χ3n) is 1.84. The van der Waals surface area contributed by atoms with E-state index in [1.165, 1.54) is 0 Å². The van der Waals surface area contributed by atoms with Crippen LogP contribution in [0.1, 0.15) is 26.3 Å². The van der Waals surface area contributed by atoms with Crippen molar-refractivity contribution in [3.63, 3.8) is 0 Å². The molecule has 1 aromatic rings. The number of aromatic carboxylic acids is 1. The summed E-state index contributed by atoms with van der Waals surface area (Å²) in [5.41, 5.74) is 2.10. The lowest BCUT2D eigenvalue weighted by atomic mass is 10.0. The number of halogens is 3. The molecule has 0 fully saturated rings. The van der Waals surface area contributed by atoms with Crippen molar-refractivity contribution < 1.29 is 27.9 Å². The molecule has 0 unspecified atom stereocenters. The van der Waals surface area contributed by atoms with Crippen LogP contribution < -0.4 is 5.73 Å². The summed E-state index contributed by atoms with van der Waals surface area (Å²) >= 11 is 0. The van der Waals surface area contributed by atoms with Gasteiger partial charge in [0.05, 0.1) is 11.1 Å². The van der Waals surface area contributed by atoms with E-state index >= 15 is 0 Å². The molecular formula is C9H6F3NO3. The molecule has 0 aromatic heterocycles. The van der Waals surface area contributed by atoms with Crippen LogP contribution >= 0.6 is 0 Å². The SMILES string of the molecule is NC(=O)c1ccc(C(=O)O)c(C(F)(F)F)c1. The topological polar surface area (TPSA) is 80.4 Å². The van der Waals surface area contributed by atoms with Gasteiger partial charge in [-0.15, -0.1) is 0 Å².